The standard InChI is InChI=1S/C28H43F2NO3/c1-18(15-31-12-10-23(16-31)34-17-27(29)30)24-8-9-25-20(5-4-11-28(24,25)3)6-7-21-13-22(32)14-26(33)19(21)2/h6-7,18,22-27,32-33H,2,4-5,8-17H2,1,3H3/b20-6+,21-7-/t18?,22-,23+,24-,25+,26+,28-/m1/s1. The van der Waals surface area contributed by atoms with Crippen molar-refractivity contribution in [3.63, 3.8) is 0 Å². The smallest absolute Gasteiger partial charge is 0.261 e. The zero-order valence-electron chi connectivity index (χ0n) is 20.9. The fourth-order valence-electron chi connectivity index (χ4n) is 7.52. The van der Waals surface area contributed by atoms with Crippen LogP contribution < -0.4 is 0 Å². The van der Waals surface area contributed by atoms with Crippen LogP contribution in [0, 0.1) is 23.2 Å². The zero-order chi connectivity index (χ0) is 24.5. The van der Waals surface area contributed by atoms with Crippen molar-refractivity contribution in [3.05, 3.63) is 35.5 Å². The summed E-state index contributed by atoms with van der Waals surface area (Å²) in [5.41, 5.74) is 3.53. The summed E-state index contributed by atoms with van der Waals surface area (Å²) >= 11 is 0. The minimum Gasteiger partial charge on any atom is -0.393 e. The molecule has 4 nitrogen and oxygen atoms in total. The Morgan fingerprint density at radius 1 is 1.24 bits per heavy atom. The Morgan fingerprint density at radius 2 is 2.03 bits per heavy atom. The van der Waals surface area contributed by atoms with E-state index in [9.17, 15) is 19.0 Å². The van der Waals surface area contributed by atoms with Gasteiger partial charge in [-0.15, -0.1) is 0 Å². The van der Waals surface area contributed by atoms with Crippen LogP contribution in [0.15, 0.2) is 35.5 Å². The predicted molar refractivity (Wildman–Crippen MR) is 131 cm³/mol. The SMILES string of the molecule is C=C1/C(=C\C=C2/CCC[C@]3(C)[C@@H](C(C)CN4CC[C@H](OCC(F)F)C4)CC[C@@H]23)C[C@@H](O)C[C@@H]1O. The van der Waals surface area contributed by atoms with Gasteiger partial charge in [-0.1, -0.05) is 38.2 Å². The van der Waals surface area contributed by atoms with Gasteiger partial charge in [-0.05, 0) is 79.3 Å². The van der Waals surface area contributed by atoms with Crippen molar-refractivity contribution >= 4 is 0 Å². The quantitative estimate of drug-likeness (QED) is 0.532. The first-order chi connectivity index (χ1) is 16.2. The van der Waals surface area contributed by atoms with E-state index in [1.165, 1.54) is 31.3 Å². The van der Waals surface area contributed by atoms with Gasteiger partial charge >= 0.3 is 0 Å². The Morgan fingerprint density at radius 3 is 2.79 bits per heavy atom. The third-order valence-corrected chi connectivity index (χ3v) is 9.22. The maximum atomic E-state index is 12.5. The summed E-state index contributed by atoms with van der Waals surface area (Å²) in [6.07, 6.45) is 8.61. The summed E-state index contributed by atoms with van der Waals surface area (Å²) in [5.74, 6) is 1.80. The Bertz CT molecular complexity index is 797. The van der Waals surface area contributed by atoms with Crippen LogP contribution in [0.25, 0.3) is 0 Å². The number of ether oxygens (including phenoxy) is 1. The third-order valence-electron chi connectivity index (χ3n) is 9.22. The first-order valence-corrected chi connectivity index (χ1v) is 13.2. The molecule has 192 valence electrons. The second-order valence-electron chi connectivity index (χ2n) is 11.5. The van der Waals surface area contributed by atoms with Crippen molar-refractivity contribution in [3.8, 4) is 0 Å². The fourth-order valence-corrected chi connectivity index (χ4v) is 7.52. The summed E-state index contributed by atoms with van der Waals surface area (Å²) in [4.78, 5) is 2.41. The molecule has 0 amide bonds. The molecule has 1 heterocycles. The molecule has 0 spiro atoms. The minimum absolute atomic E-state index is 0.0584. The van der Waals surface area contributed by atoms with Gasteiger partial charge in [0.15, 0.2) is 0 Å². The highest BCUT2D eigenvalue weighted by atomic mass is 19.3. The molecule has 1 unspecified atom stereocenters. The first kappa shape index (κ1) is 26.0. The lowest BCUT2D eigenvalue weighted by Crippen LogP contribution is -2.39. The summed E-state index contributed by atoms with van der Waals surface area (Å²) in [7, 11) is 0. The molecular formula is C28H43F2NO3. The molecule has 0 aromatic rings. The highest BCUT2D eigenvalue weighted by Gasteiger charge is 2.50. The molecule has 4 fully saturated rings. The monoisotopic (exact) mass is 479 g/mol. The lowest BCUT2D eigenvalue weighted by molar-refractivity contribution is -0.0207. The molecule has 34 heavy (non-hydrogen) atoms. The molecule has 0 aromatic carbocycles. The van der Waals surface area contributed by atoms with Crippen molar-refractivity contribution in [1.82, 2.24) is 4.90 Å². The topological polar surface area (TPSA) is 52.9 Å². The number of aliphatic hydroxyl groups excluding tert-OH is 2. The molecule has 6 heteroatoms. The number of halogens is 2. The zero-order valence-corrected chi connectivity index (χ0v) is 20.9. The van der Waals surface area contributed by atoms with Gasteiger partial charge in [0.1, 0.15) is 6.61 Å². The van der Waals surface area contributed by atoms with E-state index >= 15 is 0 Å². The number of nitrogens with zero attached hydrogens (tertiary/aromatic N) is 1. The van der Waals surface area contributed by atoms with Gasteiger partial charge in [0.05, 0.1) is 18.3 Å². The average molecular weight is 480 g/mol. The summed E-state index contributed by atoms with van der Waals surface area (Å²) in [6.45, 7) is 11.2. The van der Waals surface area contributed by atoms with Crippen molar-refractivity contribution < 1.29 is 23.7 Å². The van der Waals surface area contributed by atoms with Crippen LogP contribution in [0.4, 0.5) is 8.78 Å². The van der Waals surface area contributed by atoms with E-state index in [4.69, 9.17) is 4.74 Å². The molecule has 7 atom stereocenters. The van der Waals surface area contributed by atoms with E-state index in [0.717, 1.165) is 43.6 Å². The van der Waals surface area contributed by atoms with Crippen molar-refractivity contribution in [2.45, 2.75) is 90.0 Å². The first-order valence-electron chi connectivity index (χ1n) is 13.2. The number of likely N-dealkylation sites (tertiary alicyclic amines) is 1. The van der Waals surface area contributed by atoms with Crippen molar-refractivity contribution in [2.75, 3.05) is 26.2 Å². The van der Waals surface area contributed by atoms with E-state index in [1.54, 1.807) is 0 Å². The second-order valence-corrected chi connectivity index (χ2v) is 11.5. The highest BCUT2D eigenvalue weighted by Crippen LogP contribution is 2.59. The molecule has 0 aromatic heterocycles. The molecule has 4 aliphatic rings. The highest BCUT2D eigenvalue weighted by molar-refractivity contribution is 5.38. The Balaban J connectivity index is 1.39. The molecular weight excluding hydrogens is 436 g/mol. The summed E-state index contributed by atoms with van der Waals surface area (Å²) < 4.78 is 30.3. The number of hydrogen-bond donors (Lipinski definition) is 2. The van der Waals surface area contributed by atoms with Gasteiger partial charge in [-0.3, -0.25) is 0 Å². The Kier molecular flexibility index (Phi) is 8.33. The van der Waals surface area contributed by atoms with Crippen LogP contribution in [0.5, 0.6) is 0 Å². The largest absolute Gasteiger partial charge is 0.393 e. The fraction of sp³-hybridized carbons (Fsp3) is 0.786. The molecule has 3 aliphatic carbocycles. The van der Waals surface area contributed by atoms with Crippen LogP contribution in [-0.2, 0) is 4.74 Å². The Hall–Kier alpha value is -1.08. The number of alkyl halides is 2. The van der Waals surface area contributed by atoms with Gasteiger partial charge in [0, 0.05) is 26.1 Å². The molecule has 1 saturated heterocycles. The maximum Gasteiger partial charge on any atom is 0.261 e. The van der Waals surface area contributed by atoms with E-state index in [0.29, 0.717) is 30.6 Å². The molecule has 0 radical (unpaired) electrons. The summed E-state index contributed by atoms with van der Waals surface area (Å²) in [6, 6.07) is 0. The molecule has 2 N–H and O–H groups in total. The third kappa shape index (κ3) is 5.66. The lowest BCUT2D eigenvalue weighted by Gasteiger charge is -2.45. The van der Waals surface area contributed by atoms with Gasteiger partial charge in [-0.25, -0.2) is 8.78 Å². The van der Waals surface area contributed by atoms with Crippen LogP contribution in [0.2, 0.25) is 0 Å². The van der Waals surface area contributed by atoms with E-state index < -0.39 is 25.2 Å². The van der Waals surface area contributed by atoms with Gasteiger partial charge in [0.25, 0.3) is 6.43 Å². The van der Waals surface area contributed by atoms with E-state index in [1.807, 2.05) is 0 Å². The maximum absolute atomic E-state index is 12.5. The number of rotatable bonds is 7. The van der Waals surface area contributed by atoms with Crippen molar-refractivity contribution in [1.29, 1.82) is 0 Å². The molecule has 0 bridgehead atoms. The van der Waals surface area contributed by atoms with Crippen molar-refractivity contribution in [2.24, 2.45) is 23.2 Å². The molecule has 3 saturated carbocycles. The van der Waals surface area contributed by atoms with E-state index in [2.05, 4.69) is 37.5 Å². The lowest BCUT2D eigenvalue weighted by atomic mass is 9.61. The number of aliphatic hydroxyl groups is 2. The molecule has 4 rings (SSSR count). The molecule has 1 aliphatic heterocycles. The predicted octanol–water partition coefficient (Wildman–Crippen LogP) is 5.12. The number of hydrogen-bond acceptors (Lipinski definition) is 4. The number of fused-ring (bicyclic) bond motifs is 1. The average Bonchev–Trinajstić information content (AvgIpc) is 3.37. The minimum atomic E-state index is -2.39. The van der Waals surface area contributed by atoms with Gasteiger partial charge in [-0.2, -0.15) is 0 Å². The van der Waals surface area contributed by atoms with Crippen LogP contribution >= 0.6 is 0 Å². The van der Waals surface area contributed by atoms with Gasteiger partial charge in [0.2, 0.25) is 0 Å². The summed E-state index contributed by atoms with van der Waals surface area (Å²) in [5, 5.41) is 20.2. The normalized spacial score (nSPS) is 40.4. The van der Waals surface area contributed by atoms with Crippen LogP contribution in [0.3, 0.4) is 0 Å². The van der Waals surface area contributed by atoms with Crippen LogP contribution in [0.1, 0.15) is 65.2 Å². The van der Waals surface area contributed by atoms with Crippen LogP contribution in [-0.4, -0.2) is 66.1 Å². The second kappa shape index (κ2) is 10.9. The number of allylic oxidation sites excluding steroid dienone is 3. The Labute approximate surface area is 203 Å². The van der Waals surface area contributed by atoms with E-state index in [-0.39, 0.29) is 11.5 Å². The van der Waals surface area contributed by atoms with Gasteiger partial charge < -0.3 is 19.8 Å².